The van der Waals surface area contributed by atoms with Gasteiger partial charge in [-0.05, 0) is 48.0 Å². The quantitative estimate of drug-likeness (QED) is 0.425. The number of aromatic nitrogens is 3. The van der Waals surface area contributed by atoms with E-state index in [1.54, 1.807) is 24.3 Å². The van der Waals surface area contributed by atoms with Crippen LogP contribution in [-0.2, 0) is 6.18 Å². The van der Waals surface area contributed by atoms with Gasteiger partial charge in [0.15, 0.2) is 0 Å². The van der Waals surface area contributed by atoms with E-state index < -0.39 is 11.7 Å². The molecular weight excluding hydrogens is 339 g/mol. The van der Waals surface area contributed by atoms with Gasteiger partial charge in [0, 0.05) is 10.9 Å². The molecule has 0 aliphatic carbocycles. The van der Waals surface area contributed by atoms with Gasteiger partial charge >= 0.3 is 6.18 Å². The van der Waals surface area contributed by atoms with E-state index in [0.717, 1.165) is 16.7 Å². The van der Waals surface area contributed by atoms with Crippen molar-refractivity contribution >= 4 is 21.7 Å². The van der Waals surface area contributed by atoms with Crippen LogP contribution in [0.15, 0.2) is 48.5 Å². The number of hydrogen-bond donors (Lipinski definition) is 0. The van der Waals surface area contributed by atoms with Gasteiger partial charge in [0.25, 0.3) is 0 Å². The lowest BCUT2D eigenvalue weighted by atomic mass is 9.96. The number of halogens is 3. The van der Waals surface area contributed by atoms with Crippen LogP contribution in [0.3, 0.4) is 0 Å². The molecule has 0 aliphatic heterocycles. The molecule has 4 aromatic rings. The van der Waals surface area contributed by atoms with Crippen LogP contribution in [-0.4, -0.2) is 15.4 Å². The fraction of sp³-hybridized carbons (Fsp3) is 0.150. The third kappa shape index (κ3) is 2.67. The Labute approximate surface area is 147 Å². The molecule has 1 aromatic heterocycles. The van der Waals surface area contributed by atoms with Gasteiger partial charge < -0.3 is 0 Å². The molecule has 0 unspecified atom stereocenters. The summed E-state index contributed by atoms with van der Waals surface area (Å²) in [5.74, 6) is 0. The van der Waals surface area contributed by atoms with Crippen LogP contribution in [0.1, 0.15) is 16.7 Å². The van der Waals surface area contributed by atoms with Gasteiger partial charge in [-0.25, -0.2) is 0 Å². The predicted molar refractivity (Wildman–Crippen MR) is 94.8 cm³/mol. The van der Waals surface area contributed by atoms with Gasteiger partial charge in [-0.1, -0.05) is 41.5 Å². The Bertz CT molecular complexity index is 1130. The Balaban J connectivity index is 2.17. The van der Waals surface area contributed by atoms with E-state index in [-0.39, 0.29) is 10.9 Å². The molecule has 0 radical (unpaired) electrons. The van der Waals surface area contributed by atoms with Crippen molar-refractivity contribution in [2.75, 3.05) is 0 Å². The largest absolute Gasteiger partial charge is 0.419 e. The Hall–Kier alpha value is -3.02. The molecule has 0 spiro atoms. The van der Waals surface area contributed by atoms with Crippen LogP contribution in [0.5, 0.6) is 0 Å². The van der Waals surface area contributed by atoms with Crippen molar-refractivity contribution in [3.05, 3.63) is 65.2 Å². The average molecular weight is 353 g/mol. The van der Waals surface area contributed by atoms with Gasteiger partial charge in [0.05, 0.1) is 5.56 Å². The number of hydrogen-bond acceptors (Lipinski definition) is 3. The molecule has 3 aromatic carbocycles. The first-order chi connectivity index (χ1) is 12.3. The van der Waals surface area contributed by atoms with Crippen molar-refractivity contribution in [1.29, 1.82) is 0 Å². The summed E-state index contributed by atoms with van der Waals surface area (Å²) >= 11 is 0. The highest BCUT2D eigenvalue weighted by atomic mass is 19.4. The standard InChI is InChI=1S/C20H14F3N3/c1-11-7-12(2)9-14(8-11)18-16-10-13-5-3-4-6-15(13)17(20(21,22)23)19(16)25-26-24-18/h3-10H,1-2H3. The highest BCUT2D eigenvalue weighted by molar-refractivity contribution is 6.05. The minimum Gasteiger partial charge on any atom is -0.166 e. The van der Waals surface area contributed by atoms with Crippen molar-refractivity contribution < 1.29 is 13.2 Å². The average Bonchev–Trinajstić information content (AvgIpc) is 2.57. The second-order valence-corrected chi connectivity index (χ2v) is 6.38. The molecule has 0 bridgehead atoms. The van der Waals surface area contributed by atoms with E-state index in [9.17, 15) is 13.2 Å². The van der Waals surface area contributed by atoms with Gasteiger partial charge in [-0.15, -0.1) is 10.2 Å². The van der Waals surface area contributed by atoms with E-state index in [4.69, 9.17) is 0 Å². The van der Waals surface area contributed by atoms with E-state index in [1.807, 2.05) is 32.0 Å². The maximum atomic E-state index is 13.8. The van der Waals surface area contributed by atoms with E-state index in [1.165, 1.54) is 6.07 Å². The van der Waals surface area contributed by atoms with Crippen molar-refractivity contribution in [3.63, 3.8) is 0 Å². The van der Waals surface area contributed by atoms with Gasteiger partial charge in [-0.2, -0.15) is 13.2 Å². The number of rotatable bonds is 1. The molecule has 0 fully saturated rings. The third-order valence-corrected chi connectivity index (χ3v) is 4.35. The fourth-order valence-corrected chi connectivity index (χ4v) is 3.40. The molecule has 6 heteroatoms. The monoisotopic (exact) mass is 353 g/mol. The Morgan fingerprint density at radius 1 is 0.808 bits per heavy atom. The molecule has 3 nitrogen and oxygen atoms in total. The molecule has 26 heavy (non-hydrogen) atoms. The van der Waals surface area contributed by atoms with Gasteiger partial charge in [-0.3, -0.25) is 0 Å². The molecule has 130 valence electrons. The Kier molecular flexibility index (Phi) is 3.64. The summed E-state index contributed by atoms with van der Waals surface area (Å²) in [6.45, 7) is 3.87. The molecule has 0 aliphatic rings. The summed E-state index contributed by atoms with van der Waals surface area (Å²) < 4.78 is 41.5. The van der Waals surface area contributed by atoms with E-state index >= 15 is 0 Å². The predicted octanol–water partition coefficient (Wildman–Crippen LogP) is 5.48. The number of nitrogens with zero attached hydrogens (tertiary/aromatic N) is 3. The lowest BCUT2D eigenvalue weighted by Gasteiger charge is -2.14. The van der Waals surface area contributed by atoms with E-state index in [2.05, 4.69) is 15.4 Å². The second kappa shape index (κ2) is 5.76. The number of alkyl halides is 3. The van der Waals surface area contributed by atoms with Crippen molar-refractivity contribution in [2.24, 2.45) is 0 Å². The topological polar surface area (TPSA) is 38.7 Å². The summed E-state index contributed by atoms with van der Waals surface area (Å²) in [4.78, 5) is 0. The van der Waals surface area contributed by atoms with Crippen LogP contribution in [0.2, 0.25) is 0 Å². The van der Waals surface area contributed by atoms with Gasteiger partial charge in [0.2, 0.25) is 0 Å². The fourth-order valence-electron chi connectivity index (χ4n) is 3.40. The first-order valence-corrected chi connectivity index (χ1v) is 8.05. The minimum absolute atomic E-state index is 0.111. The third-order valence-electron chi connectivity index (χ3n) is 4.35. The maximum Gasteiger partial charge on any atom is 0.419 e. The SMILES string of the molecule is Cc1cc(C)cc(-c2nnnc3c(C(F)(F)F)c4ccccc4cc23)c1. The molecule has 0 saturated carbocycles. The molecule has 4 rings (SSSR count). The normalized spacial score (nSPS) is 12.0. The second-order valence-electron chi connectivity index (χ2n) is 6.38. The van der Waals surface area contributed by atoms with Crippen LogP contribution in [0.25, 0.3) is 32.9 Å². The summed E-state index contributed by atoms with van der Waals surface area (Å²) in [5.41, 5.74) is 2.18. The molecule has 1 heterocycles. The Morgan fingerprint density at radius 2 is 1.50 bits per heavy atom. The summed E-state index contributed by atoms with van der Waals surface area (Å²) in [6.07, 6.45) is -4.55. The minimum atomic E-state index is -4.55. The lowest BCUT2D eigenvalue weighted by molar-refractivity contribution is -0.135. The highest BCUT2D eigenvalue weighted by Gasteiger charge is 2.36. The molecule has 0 saturated heterocycles. The number of aryl methyl sites for hydroxylation is 2. The van der Waals surface area contributed by atoms with Crippen molar-refractivity contribution in [1.82, 2.24) is 15.4 Å². The maximum absolute atomic E-state index is 13.8. The molecule has 0 N–H and O–H groups in total. The zero-order valence-corrected chi connectivity index (χ0v) is 14.1. The van der Waals surface area contributed by atoms with E-state index in [0.29, 0.717) is 16.5 Å². The Morgan fingerprint density at radius 3 is 2.19 bits per heavy atom. The van der Waals surface area contributed by atoms with Crippen LogP contribution >= 0.6 is 0 Å². The van der Waals surface area contributed by atoms with Crippen LogP contribution in [0.4, 0.5) is 13.2 Å². The first-order valence-electron chi connectivity index (χ1n) is 8.05. The van der Waals surface area contributed by atoms with Crippen molar-refractivity contribution in [3.8, 4) is 11.3 Å². The highest BCUT2D eigenvalue weighted by Crippen LogP contribution is 2.41. The molecular formula is C20H14F3N3. The number of benzene rings is 3. The van der Waals surface area contributed by atoms with Crippen LogP contribution in [0, 0.1) is 13.8 Å². The first kappa shape index (κ1) is 16.4. The molecule has 0 amide bonds. The smallest absolute Gasteiger partial charge is 0.166 e. The molecule has 0 atom stereocenters. The lowest BCUT2D eigenvalue weighted by Crippen LogP contribution is -2.09. The summed E-state index contributed by atoms with van der Waals surface area (Å²) in [5, 5.41) is 12.4. The zero-order chi connectivity index (χ0) is 18.5. The summed E-state index contributed by atoms with van der Waals surface area (Å²) in [6, 6.07) is 13.9. The van der Waals surface area contributed by atoms with Crippen molar-refractivity contribution in [2.45, 2.75) is 20.0 Å². The summed E-state index contributed by atoms with van der Waals surface area (Å²) in [7, 11) is 0. The zero-order valence-electron chi connectivity index (χ0n) is 14.1. The van der Waals surface area contributed by atoms with Gasteiger partial charge in [0.1, 0.15) is 11.2 Å². The number of fused-ring (bicyclic) bond motifs is 2. The van der Waals surface area contributed by atoms with Crippen LogP contribution < -0.4 is 0 Å².